The zero-order chi connectivity index (χ0) is 10.8. The molecular formula is C10H5BrClN3. The second kappa shape index (κ2) is 4.05. The summed E-state index contributed by atoms with van der Waals surface area (Å²) >= 11 is 9.10. The lowest BCUT2D eigenvalue weighted by atomic mass is 10.2. The van der Waals surface area contributed by atoms with Crippen molar-refractivity contribution < 1.29 is 0 Å². The molecule has 0 aliphatic rings. The van der Waals surface area contributed by atoms with E-state index in [0.29, 0.717) is 16.3 Å². The maximum Gasteiger partial charge on any atom is 0.101 e. The fraction of sp³-hybridized carbons (Fsp3) is 0. The molecule has 0 saturated carbocycles. The third-order valence-electron chi connectivity index (χ3n) is 1.88. The number of halogens is 2. The molecule has 0 bridgehead atoms. The van der Waals surface area contributed by atoms with E-state index in [1.165, 1.54) is 0 Å². The summed E-state index contributed by atoms with van der Waals surface area (Å²) in [7, 11) is 0. The Labute approximate surface area is 100 Å². The standard InChI is InChI=1S/C10H5BrClN3/c11-8-5-14-15(6-8)10-2-1-9(12)3-7(10)4-13/h1-3,5-6H. The third-order valence-corrected chi connectivity index (χ3v) is 2.52. The Balaban J connectivity index is 2.58. The topological polar surface area (TPSA) is 41.6 Å². The van der Waals surface area contributed by atoms with Crippen molar-refractivity contribution in [3.8, 4) is 11.8 Å². The number of hydrogen-bond donors (Lipinski definition) is 0. The van der Waals surface area contributed by atoms with Crippen LogP contribution < -0.4 is 0 Å². The molecule has 2 aromatic rings. The van der Waals surface area contributed by atoms with Crippen LogP contribution in [0.25, 0.3) is 5.69 Å². The van der Waals surface area contributed by atoms with Crippen molar-refractivity contribution in [2.24, 2.45) is 0 Å². The monoisotopic (exact) mass is 281 g/mol. The highest BCUT2D eigenvalue weighted by Gasteiger charge is 2.06. The van der Waals surface area contributed by atoms with Crippen molar-refractivity contribution in [2.75, 3.05) is 0 Å². The van der Waals surface area contributed by atoms with Gasteiger partial charge >= 0.3 is 0 Å². The Morgan fingerprint density at radius 1 is 1.47 bits per heavy atom. The minimum absolute atomic E-state index is 0.498. The number of aromatic nitrogens is 2. The zero-order valence-electron chi connectivity index (χ0n) is 7.48. The van der Waals surface area contributed by atoms with Crippen LogP contribution in [0.4, 0.5) is 0 Å². The van der Waals surface area contributed by atoms with Crippen molar-refractivity contribution in [3.05, 3.63) is 45.7 Å². The lowest BCUT2D eigenvalue weighted by molar-refractivity contribution is 0.877. The normalized spacial score (nSPS) is 9.93. The molecule has 0 aliphatic heterocycles. The van der Waals surface area contributed by atoms with Gasteiger partial charge in [-0.3, -0.25) is 0 Å². The summed E-state index contributed by atoms with van der Waals surface area (Å²) < 4.78 is 2.49. The van der Waals surface area contributed by atoms with E-state index in [2.05, 4.69) is 27.1 Å². The van der Waals surface area contributed by atoms with Gasteiger partial charge < -0.3 is 0 Å². The fourth-order valence-electron chi connectivity index (χ4n) is 1.23. The molecule has 1 aromatic heterocycles. The lowest BCUT2D eigenvalue weighted by Gasteiger charge is -2.03. The molecule has 0 radical (unpaired) electrons. The highest BCUT2D eigenvalue weighted by molar-refractivity contribution is 9.10. The highest BCUT2D eigenvalue weighted by atomic mass is 79.9. The van der Waals surface area contributed by atoms with Gasteiger partial charge in [0.05, 0.1) is 21.9 Å². The lowest BCUT2D eigenvalue weighted by Crippen LogP contribution is -1.97. The van der Waals surface area contributed by atoms with Crippen molar-refractivity contribution in [3.63, 3.8) is 0 Å². The van der Waals surface area contributed by atoms with Crippen LogP contribution in [0.2, 0.25) is 5.02 Å². The molecule has 74 valence electrons. The average molecular weight is 283 g/mol. The molecule has 0 spiro atoms. The Kier molecular flexibility index (Phi) is 2.76. The Bertz CT molecular complexity index is 542. The van der Waals surface area contributed by atoms with Gasteiger partial charge in [0.1, 0.15) is 6.07 Å². The van der Waals surface area contributed by atoms with Crippen molar-refractivity contribution in [1.29, 1.82) is 5.26 Å². The summed E-state index contributed by atoms with van der Waals surface area (Å²) in [5.74, 6) is 0. The Morgan fingerprint density at radius 2 is 2.27 bits per heavy atom. The molecule has 1 aromatic carbocycles. The second-order valence-electron chi connectivity index (χ2n) is 2.88. The first kappa shape index (κ1) is 10.2. The van der Waals surface area contributed by atoms with Gasteiger partial charge in [-0.25, -0.2) is 4.68 Å². The van der Waals surface area contributed by atoms with Gasteiger partial charge in [-0.1, -0.05) is 11.6 Å². The summed E-state index contributed by atoms with van der Waals surface area (Å²) in [5, 5.41) is 13.6. The highest BCUT2D eigenvalue weighted by Crippen LogP contribution is 2.19. The largest absolute Gasteiger partial charge is 0.238 e. The van der Waals surface area contributed by atoms with Crippen LogP contribution in [-0.2, 0) is 0 Å². The van der Waals surface area contributed by atoms with Gasteiger partial charge in [-0.2, -0.15) is 10.4 Å². The maximum atomic E-state index is 8.95. The summed E-state index contributed by atoms with van der Waals surface area (Å²) in [6.07, 6.45) is 3.44. The molecule has 1 heterocycles. The fourth-order valence-corrected chi connectivity index (χ4v) is 1.69. The molecule has 0 saturated heterocycles. The van der Waals surface area contributed by atoms with E-state index in [-0.39, 0.29) is 0 Å². The van der Waals surface area contributed by atoms with Crippen LogP contribution >= 0.6 is 27.5 Å². The predicted molar refractivity (Wildman–Crippen MR) is 61.0 cm³/mol. The number of hydrogen-bond acceptors (Lipinski definition) is 2. The van der Waals surface area contributed by atoms with Crippen molar-refractivity contribution in [2.45, 2.75) is 0 Å². The first-order chi connectivity index (χ1) is 7.20. The minimum atomic E-state index is 0.498. The zero-order valence-corrected chi connectivity index (χ0v) is 9.83. The van der Waals surface area contributed by atoms with E-state index in [1.807, 2.05) is 0 Å². The smallest absolute Gasteiger partial charge is 0.101 e. The van der Waals surface area contributed by atoms with Gasteiger partial charge in [-0.05, 0) is 34.1 Å². The number of nitrogens with zero attached hydrogens (tertiary/aromatic N) is 3. The summed E-state index contributed by atoms with van der Waals surface area (Å²) in [6, 6.07) is 7.19. The van der Waals surface area contributed by atoms with E-state index in [1.54, 1.807) is 35.3 Å². The quantitative estimate of drug-likeness (QED) is 0.806. The summed E-state index contributed by atoms with van der Waals surface area (Å²) in [5.41, 5.74) is 1.21. The van der Waals surface area contributed by atoms with E-state index in [0.717, 1.165) is 4.47 Å². The molecule has 0 aliphatic carbocycles. The number of rotatable bonds is 1. The molecule has 0 fully saturated rings. The van der Waals surface area contributed by atoms with Gasteiger partial charge in [0.15, 0.2) is 0 Å². The van der Waals surface area contributed by atoms with Crippen LogP contribution in [-0.4, -0.2) is 9.78 Å². The van der Waals surface area contributed by atoms with Crippen molar-refractivity contribution >= 4 is 27.5 Å². The summed E-state index contributed by atoms with van der Waals surface area (Å²) in [4.78, 5) is 0. The van der Waals surface area contributed by atoms with Gasteiger partial charge in [0.25, 0.3) is 0 Å². The molecule has 0 unspecified atom stereocenters. The van der Waals surface area contributed by atoms with E-state index in [4.69, 9.17) is 16.9 Å². The van der Waals surface area contributed by atoms with Gasteiger partial charge in [-0.15, -0.1) is 0 Å². The molecule has 15 heavy (non-hydrogen) atoms. The Hall–Kier alpha value is -1.31. The van der Waals surface area contributed by atoms with Crippen LogP contribution in [0.3, 0.4) is 0 Å². The van der Waals surface area contributed by atoms with E-state index >= 15 is 0 Å². The molecule has 0 atom stereocenters. The molecule has 5 heteroatoms. The third kappa shape index (κ3) is 2.04. The first-order valence-corrected chi connectivity index (χ1v) is 5.28. The van der Waals surface area contributed by atoms with Crippen LogP contribution in [0.15, 0.2) is 35.1 Å². The van der Waals surface area contributed by atoms with Crippen LogP contribution in [0.5, 0.6) is 0 Å². The molecular weight excluding hydrogens is 277 g/mol. The van der Waals surface area contributed by atoms with E-state index < -0.39 is 0 Å². The molecule has 3 nitrogen and oxygen atoms in total. The van der Waals surface area contributed by atoms with Crippen LogP contribution in [0, 0.1) is 11.3 Å². The number of benzene rings is 1. The molecule has 0 amide bonds. The predicted octanol–water partition coefficient (Wildman–Crippen LogP) is 3.16. The van der Waals surface area contributed by atoms with E-state index in [9.17, 15) is 0 Å². The number of nitriles is 1. The molecule has 2 rings (SSSR count). The van der Waals surface area contributed by atoms with Crippen LogP contribution in [0.1, 0.15) is 5.56 Å². The van der Waals surface area contributed by atoms with Gasteiger partial charge in [0, 0.05) is 11.2 Å². The maximum absolute atomic E-state index is 8.95. The van der Waals surface area contributed by atoms with Crippen molar-refractivity contribution in [1.82, 2.24) is 9.78 Å². The molecule has 0 N–H and O–H groups in total. The first-order valence-electron chi connectivity index (χ1n) is 4.11. The Morgan fingerprint density at radius 3 is 2.87 bits per heavy atom. The SMILES string of the molecule is N#Cc1cc(Cl)ccc1-n1cc(Br)cn1. The average Bonchev–Trinajstić information content (AvgIpc) is 2.64. The second-order valence-corrected chi connectivity index (χ2v) is 4.23. The van der Waals surface area contributed by atoms with Gasteiger partial charge in [0.2, 0.25) is 0 Å². The minimum Gasteiger partial charge on any atom is -0.238 e. The summed E-state index contributed by atoms with van der Waals surface area (Å²) in [6.45, 7) is 0.